The van der Waals surface area contributed by atoms with E-state index in [9.17, 15) is 9.59 Å². The number of ether oxygens (including phenoxy) is 1. The molecule has 0 atom stereocenters. The number of aromatic amines is 1. The van der Waals surface area contributed by atoms with E-state index in [0.29, 0.717) is 46.1 Å². The van der Waals surface area contributed by atoms with Crippen molar-refractivity contribution in [1.82, 2.24) is 24.6 Å². The van der Waals surface area contributed by atoms with Gasteiger partial charge in [-0.3, -0.25) is 19.2 Å². The summed E-state index contributed by atoms with van der Waals surface area (Å²) >= 11 is 6.49. The van der Waals surface area contributed by atoms with Gasteiger partial charge in [-0.05, 0) is 42.3 Å². The number of anilines is 1. The number of aromatic nitrogens is 4. The van der Waals surface area contributed by atoms with Crippen LogP contribution in [0, 0.1) is 0 Å². The fourth-order valence-corrected chi connectivity index (χ4v) is 4.46. The van der Waals surface area contributed by atoms with Gasteiger partial charge in [0.05, 0.1) is 35.1 Å². The molecule has 4 aromatic rings. The molecule has 34 heavy (non-hydrogen) atoms. The van der Waals surface area contributed by atoms with Crippen molar-refractivity contribution < 1.29 is 9.53 Å². The second-order valence-corrected chi connectivity index (χ2v) is 8.54. The van der Waals surface area contributed by atoms with E-state index in [1.54, 1.807) is 25.3 Å². The first-order valence-corrected chi connectivity index (χ1v) is 11.3. The molecule has 9 nitrogen and oxygen atoms in total. The molecule has 0 aliphatic carbocycles. The van der Waals surface area contributed by atoms with Gasteiger partial charge >= 0.3 is 0 Å². The van der Waals surface area contributed by atoms with Crippen LogP contribution in [0.2, 0.25) is 5.02 Å². The summed E-state index contributed by atoms with van der Waals surface area (Å²) in [5, 5.41) is 8.39. The first-order chi connectivity index (χ1) is 16.5. The molecule has 1 aliphatic rings. The molecule has 0 saturated carbocycles. The predicted molar refractivity (Wildman–Crippen MR) is 129 cm³/mol. The van der Waals surface area contributed by atoms with Crippen molar-refractivity contribution in [2.45, 2.75) is 26.1 Å². The molecule has 0 saturated heterocycles. The molecule has 0 unspecified atom stereocenters. The third-order valence-electron chi connectivity index (χ3n) is 5.88. The molecule has 2 N–H and O–H groups in total. The highest BCUT2D eigenvalue weighted by molar-refractivity contribution is 6.32. The van der Waals surface area contributed by atoms with E-state index < -0.39 is 0 Å². The van der Waals surface area contributed by atoms with Crippen molar-refractivity contribution in [2.75, 3.05) is 19.0 Å². The number of rotatable bonds is 5. The predicted octanol–water partition coefficient (Wildman–Crippen LogP) is 3.44. The van der Waals surface area contributed by atoms with Gasteiger partial charge in [-0.1, -0.05) is 23.7 Å². The number of carbonyl (C=O) groups is 1. The topological polar surface area (TPSA) is 105 Å². The van der Waals surface area contributed by atoms with Crippen molar-refractivity contribution in [1.29, 1.82) is 0 Å². The lowest BCUT2D eigenvalue weighted by molar-refractivity contribution is 0.102. The van der Waals surface area contributed by atoms with E-state index >= 15 is 0 Å². The van der Waals surface area contributed by atoms with Gasteiger partial charge in [0.2, 0.25) is 0 Å². The van der Waals surface area contributed by atoms with Crippen LogP contribution in [0.4, 0.5) is 5.69 Å². The number of hydrogen-bond donors (Lipinski definition) is 2. The van der Waals surface area contributed by atoms with E-state index in [0.717, 1.165) is 30.8 Å². The highest BCUT2D eigenvalue weighted by Gasteiger charge is 2.21. The summed E-state index contributed by atoms with van der Waals surface area (Å²) in [5.74, 6) is 0.326. The molecule has 0 spiro atoms. The number of aryl methyl sites for hydroxylation is 1. The number of methoxy groups -OCH3 is 1. The Labute approximate surface area is 200 Å². The number of halogens is 1. The van der Waals surface area contributed by atoms with Crippen LogP contribution in [-0.2, 0) is 19.6 Å². The lowest BCUT2D eigenvalue weighted by Gasteiger charge is -2.20. The first-order valence-electron chi connectivity index (χ1n) is 10.9. The van der Waals surface area contributed by atoms with Crippen LogP contribution in [0.5, 0.6) is 5.75 Å². The van der Waals surface area contributed by atoms with Crippen LogP contribution in [0.3, 0.4) is 0 Å². The zero-order valence-corrected chi connectivity index (χ0v) is 19.3. The number of nitrogens with zero attached hydrogens (tertiary/aromatic N) is 4. The van der Waals surface area contributed by atoms with Crippen LogP contribution < -0.4 is 15.6 Å². The summed E-state index contributed by atoms with van der Waals surface area (Å²) in [6.45, 7) is 2.92. The molecule has 0 radical (unpaired) electrons. The molecule has 1 aliphatic heterocycles. The van der Waals surface area contributed by atoms with Crippen molar-refractivity contribution >= 4 is 34.1 Å². The molecular weight excluding hydrogens is 456 g/mol. The lowest BCUT2D eigenvalue weighted by Crippen LogP contribution is -2.23. The van der Waals surface area contributed by atoms with Gasteiger partial charge in [0.25, 0.3) is 11.5 Å². The molecule has 0 fully saturated rings. The smallest absolute Gasteiger partial charge is 0.276 e. The second kappa shape index (κ2) is 9.28. The Morgan fingerprint density at radius 2 is 2.12 bits per heavy atom. The second-order valence-electron chi connectivity index (χ2n) is 8.16. The number of hydrogen-bond acceptors (Lipinski definition) is 6. The molecular formula is C24H23ClN6O3. The Balaban J connectivity index is 1.32. The maximum atomic E-state index is 12.9. The third-order valence-corrected chi connectivity index (χ3v) is 6.31. The summed E-state index contributed by atoms with van der Waals surface area (Å²) in [6.07, 6.45) is 2.25. The SMILES string of the molecule is COc1cccc(CN2CCCn3nc(C(=O)Nc4ccc5nc[nH]c(=O)c5c4)cc3C2)c1Cl. The molecule has 0 bridgehead atoms. The van der Waals surface area contributed by atoms with E-state index in [-0.39, 0.29) is 11.5 Å². The Morgan fingerprint density at radius 3 is 2.97 bits per heavy atom. The van der Waals surface area contributed by atoms with Crippen LogP contribution >= 0.6 is 11.6 Å². The summed E-state index contributed by atoms with van der Waals surface area (Å²) in [4.78, 5) is 33.9. The van der Waals surface area contributed by atoms with E-state index in [1.165, 1.54) is 6.33 Å². The Morgan fingerprint density at radius 1 is 1.24 bits per heavy atom. The summed E-state index contributed by atoms with van der Waals surface area (Å²) in [7, 11) is 1.61. The Kier molecular flexibility index (Phi) is 6.04. The average molecular weight is 479 g/mol. The number of amides is 1. The zero-order valence-electron chi connectivity index (χ0n) is 18.5. The van der Waals surface area contributed by atoms with Gasteiger partial charge in [0.1, 0.15) is 5.75 Å². The quantitative estimate of drug-likeness (QED) is 0.455. The molecule has 10 heteroatoms. The number of nitrogens with one attached hydrogen (secondary N) is 2. The van der Waals surface area contributed by atoms with Gasteiger partial charge in [-0.25, -0.2) is 4.98 Å². The van der Waals surface area contributed by atoms with Crippen molar-refractivity contribution in [2.24, 2.45) is 0 Å². The van der Waals surface area contributed by atoms with Crippen LogP contribution in [-0.4, -0.2) is 44.2 Å². The molecule has 3 heterocycles. The maximum Gasteiger partial charge on any atom is 0.276 e. The minimum Gasteiger partial charge on any atom is -0.495 e. The standard InChI is InChI=1S/C24H23ClN6O3/c1-34-21-5-2-4-15(22(21)25)12-30-8-3-9-31-17(13-30)11-20(29-31)24(33)28-16-6-7-19-18(10-16)23(32)27-14-26-19/h2,4-7,10-11,14H,3,8-9,12-13H2,1H3,(H,28,33)(H,26,27,32). The van der Waals surface area contributed by atoms with Gasteiger partial charge in [-0.2, -0.15) is 5.10 Å². The maximum absolute atomic E-state index is 12.9. The fourth-order valence-electron chi connectivity index (χ4n) is 4.19. The summed E-state index contributed by atoms with van der Waals surface area (Å²) in [5.41, 5.74) is 3.09. The van der Waals surface area contributed by atoms with Crippen molar-refractivity contribution in [3.05, 3.63) is 81.1 Å². The summed E-state index contributed by atoms with van der Waals surface area (Å²) < 4.78 is 7.22. The normalized spacial score (nSPS) is 13.9. The molecule has 2 aromatic heterocycles. The fraction of sp³-hybridized carbons (Fsp3) is 0.250. The molecule has 2 aromatic carbocycles. The highest BCUT2D eigenvalue weighted by atomic mass is 35.5. The number of benzene rings is 2. The van der Waals surface area contributed by atoms with Gasteiger partial charge < -0.3 is 15.0 Å². The van der Waals surface area contributed by atoms with E-state index in [2.05, 4.69) is 25.3 Å². The first kappa shape index (κ1) is 22.1. The Bertz CT molecular complexity index is 1430. The minimum atomic E-state index is -0.331. The lowest BCUT2D eigenvalue weighted by atomic mass is 10.2. The molecule has 5 rings (SSSR count). The summed E-state index contributed by atoms with van der Waals surface area (Å²) in [6, 6.07) is 12.6. The van der Waals surface area contributed by atoms with Crippen molar-refractivity contribution in [3.8, 4) is 5.75 Å². The number of H-pyrrole nitrogens is 1. The van der Waals surface area contributed by atoms with Crippen LogP contribution in [0.15, 0.2) is 53.6 Å². The highest BCUT2D eigenvalue weighted by Crippen LogP contribution is 2.29. The minimum absolute atomic E-state index is 0.258. The largest absolute Gasteiger partial charge is 0.495 e. The Hall–Kier alpha value is -3.69. The van der Waals surface area contributed by atoms with Gasteiger partial charge in [0.15, 0.2) is 5.69 Å². The monoisotopic (exact) mass is 478 g/mol. The number of carbonyl (C=O) groups excluding carboxylic acids is 1. The molecule has 174 valence electrons. The van der Waals surface area contributed by atoms with E-state index in [1.807, 2.05) is 28.9 Å². The average Bonchev–Trinajstić information content (AvgIpc) is 3.14. The molecule has 1 amide bonds. The zero-order chi connectivity index (χ0) is 23.7. The van der Waals surface area contributed by atoms with Crippen molar-refractivity contribution in [3.63, 3.8) is 0 Å². The van der Waals surface area contributed by atoms with E-state index in [4.69, 9.17) is 16.3 Å². The third kappa shape index (κ3) is 4.40. The van der Waals surface area contributed by atoms with Crippen LogP contribution in [0.25, 0.3) is 10.9 Å². The van der Waals surface area contributed by atoms with Crippen LogP contribution in [0.1, 0.15) is 28.2 Å². The van der Waals surface area contributed by atoms with Gasteiger partial charge in [0, 0.05) is 31.9 Å². The van der Waals surface area contributed by atoms with Gasteiger partial charge in [-0.15, -0.1) is 0 Å². The number of fused-ring (bicyclic) bond motifs is 2.